The Morgan fingerprint density at radius 1 is 0.925 bits per heavy atom. The van der Waals surface area contributed by atoms with E-state index in [4.69, 9.17) is 9.84 Å². The van der Waals surface area contributed by atoms with Gasteiger partial charge >= 0.3 is 27.3 Å². The zero-order valence-electron chi connectivity index (χ0n) is 20.2. The summed E-state index contributed by atoms with van der Waals surface area (Å²) in [5.74, 6) is -1.85. The highest BCUT2D eigenvalue weighted by Gasteiger charge is 2.51. The van der Waals surface area contributed by atoms with E-state index in [9.17, 15) is 58.8 Å². The number of aromatic amines is 1. The molecule has 1 aromatic rings. The second kappa shape index (κ2) is 14.3. The second-order valence-electron chi connectivity index (χ2n) is 7.72. The van der Waals surface area contributed by atoms with Gasteiger partial charge < -0.3 is 68.4 Å². The number of H-pyrrole nitrogens is 1. The minimum Gasteiger partial charge on any atom is -0.479 e. The van der Waals surface area contributed by atoms with Crippen LogP contribution in [0.4, 0.5) is 0 Å². The Labute approximate surface area is 222 Å². The van der Waals surface area contributed by atoms with E-state index in [2.05, 4.69) is 18.1 Å². The van der Waals surface area contributed by atoms with Gasteiger partial charge in [0.25, 0.3) is 5.56 Å². The zero-order valence-corrected chi connectivity index (χ0v) is 22.0. The van der Waals surface area contributed by atoms with E-state index in [-0.39, 0.29) is 18.5 Å². The molecule has 0 spiro atoms. The summed E-state index contributed by atoms with van der Waals surface area (Å²) in [6.07, 6.45) is -17.2. The van der Waals surface area contributed by atoms with E-state index in [1.54, 1.807) is 0 Å². The Hall–Kier alpha value is -1.99. The van der Waals surface area contributed by atoms with Crippen molar-refractivity contribution in [1.82, 2.24) is 28.0 Å². The van der Waals surface area contributed by atoms with Gasteiger partial charge in [-0.3, -0.25) is 23.4 Å². The van der Waals surface area contributed by atoms with Crippen LogP contribution in [0.2, 0.25) is 0 Å². The molecule has 25 heteroatoms. The first-order valence-corrected chi connectivity index (χ1v) is 13.0. The molecule has 0 radical (unpaired) electrons. The highest BCUT2D eigenvalue weighted by Crippen LogP contribution is 2.61. The van der Waals surface area contributed by atoms with Crippen molar-refractivity contribution in [2.75, 3.05) is 6.61 Å². The largest absolute Gasteiger partial charge is 0.483 e. The molecule has 0 saturated carbocycles. The summed E-state index contributed by atoms with van der Waals surface area (Å²) >= 11 is 0. The van der Waals surface area contributed by atoms with Crippen molar-refractivity contribution in [1.29, 1.82) is 0 Å². The summed E-state index contributed by atoms with van der Waals surface area (Å²) in [7, 11) is -11.3. The predicted molar refractivity (Wildman–Crippen MR) is 124 cm³/mol. The number of aliphatic carboxylic acids is 1. The zero-order chi connectivity index (χ0) is 27.9. The van der Waals surface area contributed by atoms with Crippen molar-refractivity contribution >= 4 is 21.6 Å². The lowest BCUT2D eigenvalue weighted by atomic mass is 9.99. The molecular formula is C15H31N5O18P2. The first-order valence-electron chi connectivity index (χ1n) is 9.98. The van der Waals surface area contributed by atoms with Crippen LogP contribution < -0.4 is 29.7 Å². The maximum atomic E-state index is 12.2. The van der Waals surface area contributed by atoms with Crippen molar-refractivity contribution in [3.05, 3.63) is 33.1 Å². The van der Waals surface area contributed by atoms with Gasteiger partial charge in [-0.05, 0) is 0 Å². The van der Waals surface area contributed by atoms with Gasteiger partial charge in [0.15, 0.2) is 18.6 Å². The first kappa shape index (κ1) is 38.0. The molecule has 0 amide bonds. The molecule has 40 heavy (non-hydrogen) atoms. The van der Waals surface area contributed by atoms with Crippen LogP contribution in [0, 0.1) is 0 Å². The maximum Gasteiger partial charge on any atom is 0.483 e. The summed E-state index contributed by atoms with van der Waals surface area (Å²) < 4.78 is 47.6. The van der Waals surface area contributed by atoms with Gasteiger partial charge in [0.2, 0.25) is 0 Å². The van der Waals surface area contributed by atoms with Crippen molar-refractivity contribution in [2.45, 2.75) is 55.2 Å². The number of carbonyl (C=O) groups is 1. The van der Waals surface area contributed by atoms with Crippen LogP contribution in [-0.2, 0) is 36.8 Å². The van der Waals surface area contributed by atoms with E-state index in [0.29, 0.717) is 4.57 Å². The number of nitrogens with one attached hydrogen (secondary N) is 1. The molecule has 0 bridgehead atoms. The molecule has 3 rings (SSSR count). The molecule has 2 saturated heterocycles. The predicted octanol–water partition coefficient (Wildman–Crippen LogP) is -4.22. The van der Waals surface area contributed by atoms with Crippen molar-refractivity contribution in [3.63, 3.8) is 0 Å². The van der Waals surface area contributed by atoms with Crippen molar-refractivity contribution in [3.8, 4) is 0 Å². The Morgan fingerprint density at radius 2 is 1.52 bits per heavy atom. The number of phosphoric ester groups is 2. The normalized spacial score (nSPS) is 34.7. The third kappa shape index (κ3) is 8.51. The number of rotatable bonds is 9. The average molecular weight is 631 g/mol. The summed E-state index contributed by atoms with van der Waals surface area (Å²) in [6.45, 7) is -1.07. The number of hydrogen-bond donors (Lipinski definition) is 12. The molecule has 2 fully saturated rings. The van der Waals surface area contributed by atoms with Crippen LogP contribution in [0.3, 0.4) is 0 Å². The summed E-state index contributed by atoms with van der Waals surface area (Å²) in [5, 5.41) is 58.3. The fourth-order valence-electron chi connectivity index (χ4n) is 3.34. The molecule has 1 aromatic heterocycles. The monoisotopic (exact) mass is 631 g/mol. The van der Waals surface area contributed by atoms with Crippen molar-refractivity contribution < 1.29 is 77.2 Å². The molecule has 11 atom stereocenters. The van der Waals surface area contributed by atoms with Crippen LogP contribution in [0.1, 0.15) is 6.23 Å². The SMILES string of the molecule is N.N.N.O=C(O)[C@H]1O[C@H](OP(=O)(O)OP(=O)(O)OC[C@H]2O[C@@H](n3ccc(=O)[nH]c3=O)[C@H](O)[C@@H]2O)[C@H](O)[C@@H](O)[C@@H]1O. The van der Waals surface area contributed by atoms with Crippen molar-refractivity contribution in [2.24, 2.45) is 0 Å². The Morgan fingerprint density at radius 3 is 2.08 bits per heavy atom. The minimum atomic E-state index is -5.72. The summed E-state index contributed by atoms with van der Waals surface area (Å²) in [5.41, 5.74) is -1.78. The first-order chi connectivity index (χ1) is 17.0. The Bertz CT molecular complexity index is 1210. The third-order valence-corrected chi connectivity index (χ3v) is 7.72. The number of phosphoric acid groups is 2. The van der Waals surface area contributed by atoms with Gasteiger partial charge in [0, 0.05) is 12.3 Å². The number of carboxylic acids is 1. The number of carboxylic acid groups (broad SMARTS) is 1. The Kier molecular flexibility index (Phi) is 13.6. The van der Waals surface area contributed by atoms with E-state index < -0.39 is 94.7 Å². The number of aromatic nitrogens is 2. The Balaban J connectivity index is 0.00000507. The lowest BCUT2D eigenvalue weighted by Crippen LogP contribution is -2.60. The van der Waals surface area contributed by atoms with Crippen LogP contribution in [0.25, 0.3) is 0 Å². The fourth-order valence-corrected chi connectivity index (χ4v) is 5.49. The summed E-state index contributed by atoms with van der Waals surface area (Å²) in [4.78, 5) is 55.5. The van der Waals surface area contributed by atoms with Crippen LogP contribution in [0.5, 0.6) is 0 Å². The van der Waals surface area contributed by atoms with Gasteiger partial charge in [0.1, 0.15) is 36.6 Å². The van der Waals surface area contributed by atoms with Gasteiger partial charge in [0.05, 0.1) is 6.61 Å². The molecular weight excluding hydrogens is 600 g/mol. The lowest BCUT2D eigenvalue weighted by molar-refractivity contribution is -0.274. The molecule has 2 aliphatic heterocycles. The smallest absolute Gasteiger partial charge is 0.479 e. The van der Waals surface area contributed by atoms with E-state index >= 15 is 0 Å². The molecule has 18 N–H and O–H groups in total. The topological polar surface area (TPSA) is 419 Å². The van der Waals surface area contributed by atoms with Gasteiger partial charge in [-0.1, -0.05) is 0 Å². The molecule has 234 valence electrons. The van der Waals surface area contributed by atoms with E-state index in [1.807, 2.05) is 4.98 Å². The number of nitrogens with zero attached hydrogens (tertiary/aromatic N) is 1. The van der Waals surface area contributed by atoms with E-state index in [0.717, 1.165) is 12.3 Å². The molecule has 0 aromatic carbocycles. The fraction of sp³-hybridized carbons (Fsp3) is 0.667. The van der Waals surface area contributed by atoms with E-state index in [1.165, 1.54) is 0 Å². The lowest BCUT2D eigenvalue weighted by Gasteiger charge is -2.38. The molecule has 2 aliphatic rings. The standard InChI is InChI=1S/C15H22N2O18P2.3H3N/c18-5-1-2-17(15(26)16-5)12-9(22)6(19)4(32-12)3-31-36(27,28)35-37(29,30)34-14-10(23)7(20)8(21)11(33-14)13(24)25;;;/h1-2,4,6-12,14,19-23H,3H2,(H,24,25)(H,27,28)(H,29,30)(H,16,18,26);3*1H3/t4-,6-,7+,8+,9-,10-,11+,12-,14-;;;/m1.../s1. The number of aliphatic hydroxyl groups excluding tert-OH is 5. The highest BCUT2D eigenvalue weighted by atomic mass is 31.3. The number of aliphatic hydroxyl groups is 5. The summed E-state index contributed by atoms with van der Waals surface area (Å²) in [6, 6.07) is 0.910. The van der Waals surface area contributed by atoms with Crippen LogP contribution >= 0.6 is 15.6 Å². The van der Waals surface area contributed by atoms with Gasteiger partial charge in [-0.25, -0.2) is 18.7 Å². The van der Waals surface area contributed by atoms with Crippen LogP contribution in [-0.4, -0.2) is 112 Å². The number of hydrogen-bond acceptors (Lipinski definition) is 18. The highest BCUT2D eigenvalue weighted by molar-refractivity contribution is 7.61. The average Bonchev–Trinajstić information content (AvgIpc) is 3.05. The maximum absolute atomic E-state index is 12.2. The molecule has 0 aliphatic carbocycles. The minimum absolute atomic E-state index is 0. The number of ether oxygens (including phenoxy) is 2. The van der Waals surface area contributed by atoms with Gasteiger partial charge in [-0.2, -0.15) is 4.31 Å². The molecule has 2 unspecified atom stereocenters. The molecule has 23 nitrogen and oxygen atoms in total. The quantitative estimate of drug-likeness (QED) is 0.115. The second-order valence-corrected chi connectivity index (χ2v) is 10.7. The molecule has 3 heterocycles. The van der Waals surface area contributed by atoms with Crippen LogP contribution in [0.15, 0.2) is 21.9 Å². The van der Waals surface area contributed by atoms with Gasteiger partial charge in [-0.15, -0.1) is 0 Å². The third-order valence-electron chi connectivity index (χ3n) is 5.12.